The van der Waals surface area contributed by atoms with Crippen molar-refractivity contribution >= 4 is 11.9 Å². The van der Waals surface area contributed by atoms with Gasteiger partial charge in [-0.25, -0.2) is 9.59 Å². The zero-order chi connectivity index (χ0) is 32.4. The average Bonchev–Trinajstić information content (AvgIpc) is 3.02. The molecule has 0 heterocycles. The Labute approximate surface area is 266 Å². The highest BCUT2D eigenvalue weighted by Crippen LogP contribution is 2.61. The summed E-state index contributed by atoms with van der Waals surface area (Å²) in [6.07, 6.45) is -1.85. The second-order valence-corrected chi connectivity index (χ2v) is 14.5. The van der Waals surface area contributed by atoms with E-state index in [2.05, 4.69) is 60.6 Å². The molecule has 0 aromatic heterocycles. The maximum absolute atomic E-state index is 14.0. The van der Waals surface area contributed by atoms with E-state index in [-0.39, 0.29) is 10.8 Å². The number of carbonyl (C=O) groups excluding carboxylic acids is 2. The molecule has 0 unspecified atom stereocenters. The average molecular weight is 603 g/mol. The van der Waals surface area contributed by atoms with Crippen LogP contribution in [-0.4, -0.2) is 31.3 Å². The molecule has 2 atom stereocenters. The van der Waals surface area contributed by atoms with Crippen LogP contribution in [0.4, 0.5) is 0 Å². The molecule has 3 aliphatic carbocycles. The van der Waals surface area contributed by atoms with Crippen molar-refractivity contribution in [2.75, 3.05) is 7.11 Å². The summed E-state index contributed by atoms with van der Waals surface area (Å²) in [5.41, 5.74) is 4.71. The van der Waals surface area contributed by atoms with Crippen molar-refractivity contribution in [1.82, 2.24) is 0 Å². The highest BCUT2D eigenvalue weighted by atomic mass is 16.6. The highest BCUT2D eigenvalue weighted by Gasteiger charge is 2.68. The van der Waals surface area contributed by atoms with Crippen LogP contribution in [0.3, 0.4) is 0 Å². The summed E-state index contributed by atoms with van der Waals surface area (Å²) in [4.78, 5) is 27.9. The Morgan fingerprint density at radius 2 is 0.911 bits per heavy atom. The summed E-state index contributed by atoms with van der Waals surface area (Å²) in [5, 5.41) is 0. The quantitative estimate of drug-likeness (QED) is 0.215. The van der Waals surface area contributed by atoms with Crippen LogP contribution in [0.1, 0.15) is 103 Å². The normalized spacial score (nSPS) is 23.6. The van der Waals surface area contributed by atoms with Gasteiger partial charge in [0.05, 0.1) is 16.5 Å². The van der Waals surface area contributed by atoms with E-state index in [0.29, 0.717) is 11.1 Å². The Balaban J connectivity index is 1.48. The Morgan fingerprint density at radius 1 is 0.556 bits per heavy atom. The number of carbonyl (C=O) groups is 2. The number of benzene rings is 4. The number of fused-ring (bicyclic) bond motifs is 1. The van der Waals surface area contributed by atoms with Crippen LogP contribution in [0.2, 0.25) is 0 Å². The lowest BCUT2D eigenvalue weighted by atomic mass is 9.51. The number of hydrogen-bond acceptors (Lipinski definition) is 5. The highest BCUT2D eigenvalue weighted by molar-refractivity contribution is 5.91. The monoisotopic (exact) mass is 602 g/mol. The van der Waals surface area contributed by atoms with Gasteiger partial charge in [0.15, 0.2) is 17.8 Å². The predicted octanol–water partition coefficient (Wildman–Crippen LogP) is 8.26. The molecule has 3 aliphatic rings. The van der Waals surface area contributed by atoms with Crippen LogP contribution >= 0.6 is 0 Å². The van der Waals surface area contributed by atoms with Crippen molar-refractivity contribution in [1.29, 1.82) is 0 Å². The number of hydrogen-bond donors (Lipinski definition) is 0. The van der Waals surface area contributed by atoms with Gasteiger partial charge in [-0.15, -0.1) is 0 Å². The Hall–Kier alpha value is -4.22. The molecule has 0 saturated heterocycles. The SMILES string of the molecule is CO[C@]12c3ccccc3[C@](C)(c3ccccc31)[C@H](OC(=O)c1ccc(C(C)(C)C)cc1)[C@@H]2OC(=O)c1ccc(C(C)(C)C)cc1. The molecular formula is C40H42O5. The van der Waals surface area contributed by atoms with Gasteiger partial charge in [-0.2, -0.15) is 0 Å². The third-order valence-corrected chi connectivity index (χ3v) is 9.78. The van der Waals surface area contributed by atoms with Crippen molar-refractivity contribution < 1.29 is 23.8 Å². The molecule has 0 radical (unpaired) electrons. The molecule has 4 aromatic carbocycles. The minimum absolute atomic E-state index is 0.0545. The third kappa shape index (κ3) is 4.80. The molecule has 232 valence electrons. The number of ether oxygens (including phenoxy) is 3. The summed E-state index contributed by atoms with van der Waals surface area (Å²) in [5.74, 6) is -0.982. The first-order valence-electron chi connectivity index (χ1n) is 15.6. The molecule has 5 heteroatoms. The van der Waals surface area contributed by atoms with Crippen molar-refractivity contribution in [2.45, 2.75) is 82.5 Å². The molecular weight excluding hydrogens is 560 g/mol. The lowest BCUT2D eigenvalue weighted by molar-refractivity contribution is -0.167. The largest absolute Gasteiger partial charge is 0.453 e. The standard InChI is InChI=1S/C40H42O5/c1-37(2,3)27-21-17-25(18-22-27)35(41)44-33-34(45-36(42)26-19-23-28(24-20-26)38(4,5)6)40(43-8)31-15-11-9-13-29(31)39(33,7)30-14-10-12-16-32(30)40/h9-24,33-34H,1-8H3/t33-,34+,39-,40-/m1/s1. The fraction of sp³-hybridized carbons (Fsp3) is 0.350. The summed E-state index contributed by atoms with van der Waals surface area (Å²) >= 11 is 0. The predicted molar refractivity (Wildman–Crippen MR) is 176 cm³/mol. The van der Waals surface area contributed by atoms with Gasteiger partial charge in [-0.1, -0.05) is 114 Å². The van der Waals surface area contributed by atoms with Gasteiger partial charge in [0.25, 0.3) is 0 Å². The van der Waals surface area contributed by atoms with Crippen LogP contribution in [0.25, 0.3) is 0 Å². The molecule has 0 fully saturated rings. The first-order valence-corrected chi connectivity index (χ1v) is 15.6. The van der Waals surface area contributed by atoms with E-state index in [0.717, 1.165) is 33.4 Å². The van der Waals surface area contributed by atoms with Gasteiger partial charge in [0.1, 0.15) is 0 Å². The van der Waals surface area contributed by atoms with Gasteiger partial charge in [-0.3, -0.25) is 0 Å². The molecule has 4 aromatic rings. The fourth-order valence-corrected chi connectivity index (χ4v) is 7.18. The number of methoxy groups -OCH3 is 1. The van der Waals surface area contributed by atoms with Crippen LogP contribution in [0, 0.1) is 0 Å². The minimum atomic E-state index is -1.20. The van der Waals surface area contributed by atoms with Gasteiger partial charge in [0.2, 0.25) is 0 Å². The Kier molecular flexibility index (Phi) is 7.32. The third-order valence-electron chi connectivity index (χ3n) is 9.78. The molecule has 0 N–H and O–H groups in total. The van der Waals surface area contributed by atoms with E-state index < -0.39 is 35.2 Å². The molecule has 7 rings (SSSR count). The lowest BCUT2D eigenvalue weighted by Crippen LogP contribution is -2.67. The summed E-state index contributed by atoms with van der Waals surface area (Å²) in [6.45, 7) is 14.9. The molecule has 5 nitrogen and oxygen atoms in total. The van der Waals surface area contributed by atoms with Crippen molar-refractivity contribution in [3.05, 3.63) is 142 Å². The Bertz CT molecular complexity index is 1700. The van der Waals surface area contributed by atoms with Gasteiger partial charge in [-0.05, 0) is 75.4 Å². The van der Waals surface area contributed by atoms with E-state index in [1.54, 1.807) is 31.4 Å². The van der Waals surface area contributed by atoms with Crippen LogP contribution in [0.5, 0.6) is 0 Å². The summed E-state index contributed by atoms with van der Waals surface area (Å²) in [6, 6.07) is 31.1. The lowest BCUT2D eigenvalue weighted by Gasteiger charge is -2.59. The summed E-state index contributed by atoms with van der Waals surface area (Å²) in [7, 11) is 1.63. The molecule has 45 heavy (non-hydrogen) atoms. The fourth-order valence-electron chi connectivity index (χ4n) is 7.18. The first-order chi connectivity index (χ1) is 21.2. The second kappa shape index (κ2) is 10.7. The van der Waals surface area contributed by atoms with E-state index in [1.807, 2.05) is 60.7 Å². The van der Waals surface area contributed by atoms with Crippen molar-refractivity contribution in [2.24, 2.45) is 0 Å². The van der Waals surface area contributed by atoms with E-state index in [9.17, 15) is 9.59 Å². The Morgan fingerprint density at radius 3 is 1.27 bits per heavy atom. The smallest absolute Gasteiger partial charge is 0.338 e. The minimum Gasteiger partial charge on any atom is -0.453 e. The van der Waals surface area contributed by atoms with E-state index in [1.165, 1.54) is 0 Å². The molecule has 0 aliphatic heterocycles. The zero-order valence-corrected chi connectivity index (χ0v) is 27.4. The maximum Gasteiger partial charge on any atom is 0.338 e. The van der Waals surface area contributed by atoms with Gasteiger partial charge in [0, 0.05) is 7.11 Å². The van der Waals surface area contributed by atoms with E-state index >= 15 is 0 Å². The topological polar surface area (TPSA) is 61.8 Å². The summed E-state index contributed by atoms with van der Waals surface area (Å²) < 4.78 is 19.5. The van der Waals surface area contributed by atoms with E-state index in [4.69, 9.17) is 14.2 Å². The number of rotatable bonds is 5. The van der Waals surface area contributed by atoms with Crippen LogP contribution < -0.4 is 0 Å². The zero-order valence-electron chi connectivity index (χ0n) is 27.4. The maximum atomic E-state index is 14.0. The molecule has 0 spiro atoms. The van der Waals surface area contributed by atoms with Crippen LogP contribution in [0.15, 0.2) is 97.1 Å². The molecule has 2 bridgehead atoms. The first kappa shape index (κ1) is 30.8. The molecule has 0 saturated carbocycles. The second-order valence-electron chi connectivity index (χ2n) is 14.5. The van der Waals surface area contributed by atoms with Crippen molar-refractivity contribution in [3.63, 3.8) is 0 Å². The van der Waals surface area contributed by atoms with Gasteiger partial charge >= 0.3 is 11.9 Å². The molecule has 0 amide bonds. The van der Waals surface area contributed by atoms with Crippen molar-refractivity contribution in [3.8, 4) is 0 Å². The van der Waals surface area contributed by atoms with Gasteiger partial charge < -0.3 is 14.2 Å². The number of esters is 2. The van der Waals surface area contributed by atoms with Crippen LogP contribution in [-0.2, 0) is 36.1 Å².